The second kappa shape index (κ2) is 6.71. The molecule has 0 radical (unpaired) electrons. The van der Waals surface area contributed by atoms with Gasteiger partial charge in [-0.2, -0.15) is 0 Å². The molecule has 2 aliphatic heterocycles. The zero-order chi connectivity index (χ0) is 17.3. The van der Waals surface area contributed by atoms with Crippen LogP contribution in [0.4, 0.5) is 5.82 Å². The van der Waals surface area contributed by atoms with E-state index < -0.39 is 6.10 Å². The van der Waals surface area contributed by atoms with E-state index in [9.17, 15) is 9.90 Å². The highest BCUT2D eigenvalue weighted by Gasteiger charge is 2.44. The van der Waals surface area contributed by atoms with Gasteiger partial charge in [0.25, 0.3) is 0 Å². The summed E-state index contributed by atoms with van der Waals surface area (Å²) in [6, 6.07) is 5.83. The van der Waals surface area contributed by atoms with E-state index >= 15 is 0 Å². The number of hydrogen-bond acceptors (Lipinski definition) is 4. The molecule has 1 aromatic rings. The summed E-state index contributed by atoms with van der Waals surface area (Å²) in [5.74, 6) is 1.79. The monoisotopic (exact) mass is 331 g/mol. The molecule has 2 saturated heterocycles. The highest BCUT2D eigenvalue weighted by Crippen LogP contribution is 2.41. The van der Waals surface area contributed by atoms with Crippen LogP contribution in [0, 0.1) is 11.3 Å². The molecule has 0 unspecified atom stereocenters. The lowest BCUT2D eigenvalue weighted by Crippen LogP contribution is -2.42. The molecule has 0 saturated carbocycles. The van der Waals surface area contributed by atoms with Crippen molar-refractivity contribution in [1.29, 1.82) is 0 Å². The summed E-state index contributed by atoms with van der Waals surface area (Å²) in [6.45, 7) is 9.73. The van der Waals surface area contributed by atoms with Crippen LogP contribution < -0.4 is 4.90 Å². The molecule has 0 bridgehead atoms. The van der Waals surface area contributed by atoms with E-state index in [1.165, 1.54) is 0 Å². The molecule has 1 amide bonds. The van der Waals surface area contributed by atoms with E-state index in [2.05, 4.69) is 28.6 Å². The van der Waals surface area contributed by atoms with Gasteiger partial charge in [-0.3, -0.25) is 4.79 Å². The van der Waals surface area contributed by atoms with Crippen LogP contribution in [0.2, 0.25) is 0 Å². The average Bonchev–Trinajstić information content (AvgIpc) is 2.83. The van der Waals surface area contributed by atoms with Gasteiger partial charge in [-0.25, -0.2) is 4.98 Å². The molecule has 5 nitrogen and oxygen atoms in total. The van der Waals surface area contributed by atoms with Crippen LogP contribution in [0.5, 0.6) is 0 Å². The Morgan fingerprint density at radius 3 is 2.58 bits per heavy atom. The summed E-state index contributed by atoms with van der Waals surface area (Å²) in [4.78, 5) is 21.3. The minimum Gasteiger partial charge on any atom is -0.387 e. The number of nitrogens with zero attached hydrogens (tertiary/aromatic N) is 3. The van der Waals surface area contributed by atoms with Gasteiger partial charge in [0.05, 0.1) is 11.8 Å². The average molecular weight is 331 g/mol. The third-order valence-electron chi connectivity index (χ3n) is 5.32. The van der Waals surface area contributed by atoms with E-state index in [1.54, 1.807) is 6.92 Å². The molecule has 1 spiro atoms. The highest BCUT2D eigenvalue weighted by molar-refractivity contribution is 5.79. The van der Waals surface area contributed by atoms with Gasteiger partial charge < -0.3 is 14.9 Å². The molecule has 3 heterocycles. The Hall–Kier alpha value is -1.62. The van der Waals surface area contributed by atoms with Gasteiger partial charge in [0, 0.05) is 38.0 Å². The van der Waals surface area contributed by atoms with Crippen LogP contribution in [0.15, 0.2) is 18.2 Å². The van der Waals surface area contributed by atoms with Crippen molar-refractivity contribution in [1.82, 2.24) is 9.88 Å². The molecule has 5 heteroatoms. The highest BCUT2D eigenvalue weighted by atomic mass is 16.3. The van der Waals surface area contributed by atoms with E-state index in [4.69, 9.17) is 0 Å². The maximum Gasteiger partial charge on any atom is 0.223 e. The van der Waals surface area contributed by atoms with Crippen molar-refractivity contribution in [2.24, 2.45) is 11.3 Å². The van der Waals surface area contributed by atoms with Gasteiger partial charge in [0.2, 0.25) is 5.91 Å². The molecule has 0 aromatic carbocycles. The molecule has 1 N–H and O–H groups in total. The number of amides is 1. The molecule has 1 aromatic heterocycles. The lowest BCUT2D eigenvalue weighted by molar-refractivity contribution is -0.128. The molecule has 2 fully saturated rings. The Morgan fingerprint density at radius 1 is 1.25 bits per heavy atom. The number of hydrogen-bond donors (Lipinski definition) is 1. The van der Waals surface area contributed by atoms with Crippen LogP contribution in [-0.4, -0.2) is 47.1 Å². The Labute approximate surface area is 144 Å². The zero-order valence-electron chi connectivity index (χ0n) is 15.0. The fourth-order valence-corrected chi connectivity index (χ4v) is 3.98. The number of piperidine rings is 1. The van der Waals surface area contributed by atoms with Gasteiger partial charge >= 0.3 is 0 Å². The van der Waals surface area contributed by atoms with Gasteiger partial charge in [-0.15, -0.1) is 0 Å². The predicted molar refractivity (Wildman–Crippen MR) is 94.8 cm³/mol. The van der Waals surface area contributed by atoms with Crippen molar-refractivity contribution in [3.63, 3.8) is 0 Å². The van der Waals surface area contributed by atoms with E-state index in [0.717, 1.165) is 44.8 Å². The quantitative estimate of drug-likeness (QED) is 0.921. The number of aliphatic hydroxyl groups excluding tert-OH is 1. The van der Waals surface area contributed by atoms with E-state index in [0.29, 0.717) is 23.9 Å². The third kappa shape index (κ3) is 3.56. The lowest BCUT2D eigenvalue weighted by Gasteiger charge is -2.39. The summed E-state index contributed by atoms with van der Waals surface area (Å²) >= 11 is 0. The molecule has 132 valence electrons. The van der Waals surface area contributed by atoms with Crippen LogP contribution in [-0.2, 0) is 4.79 Å². The standard InChI is InChI=1S/C19H29N3O2/c1-14(2)12-22-13-19(11-18(22)24)7-9-21(10-8-19)17-6-4-5-16(20-17)15(3)23/h4-6,14-15,23H,7-13H2,1-3H3/t15-/m0/s1. The fraction of sp³-hybridized carbons (Fsp3) is 0.684. The van der Waals surface area contributed by atoms with Gasteiger partial charge in [-0.1, -0.05) is 19.9 Å². The number of carbonyl (C=O) groups is 1. The van der Waals surface area contributed by atoms with Crippen LogP contribution >= 0.6 is 0 Å². The van der Waals surface area contributed by atoms with Gasteiger partial charge in [-0.05, 0) is 37.8 Å². The molecular formula is C19H29N3O2. The van der Waals surface area contributed by atoms with Gasteiger partial charge in [0.15, 0.2) is 0 Å². The first-order chi connectivity index (χ1) is 11.4. The second-order valence-electron chi connectivity index (χ2n) is 7.93. The SMILES string of the molecule is CC(C)CN1CC2(CCN(c3cccc([C@H](C)O)n3)CC2)CC1=O. The lowest BCUT2D eigenvalue weighted by atomic mass is 9.77. The zero-order valence-corrected chi connectivity index (χ0v) is 15.0. The number of aromatic nitrogens is 1. The number of pyridine rings is 1. The maximum atomic E-state index is 12.3. The Balaban J connectivity index is 1.64. The van der Waals surface area contributed by atoms with Crippen molar-refractivity contribution in [2.45, 2.75) is 46.1 Å². The van der Waals surface area contributed by atoms with Crippen molar-refractivity contribution in [2.75, 3.05) is 31.1 Å². The summed E-state index contributed by atoms with van der Waals surface area (Å²) < 4.78 is 0. The van der Waals surface area contributed by atoms with Crippen LogP contribution in [0.25, 0.3) is 0 Å². The first kappa shape index (κ1) is 17.2. The maximum absolute atomic E-state index is 12.3. The van der Waals surface area contributed by atoms with Crippen LogP contribution in [0.3, 0.4) is 0 Å². The first-order valence-corrected chi connectivity index (χ1v) is 9.06. The fourth-order valence-electron chi connectivity index (χ4n) is 3.98. The van der Waals surface area contributed by atoms with Crippen molar-refractivity contribution in [3.8, 4) is 0 Å². The van der Waals surface area contributed by atoms with Gasteiger partial charge in [0.1, 0.15) is 5.82 Å². The number of rotatable bonds is 4. The van der Waals surface area contributed by atoms with Crippen molar-refractivity contribution in [3.05, 3.63) is 23.9 Å². The summed E-state index contributed by atoms with van der Waals surface area (Å²) in [5.41, 5.74) is 0.872. The second-order valence-corrected chi connectivity index (χ2v) is 7.93. The topological polar surface area (TPSA) is 56.7 Å². The normalized spacial score (nSPS) is 21.8. The Morgan fingerprint density at radius 2 is 1.96 bits per heavy atom. The van der Waals surface area contributed by atoms with Crippen molar-refractivity contribution >= 4 is 11.7 Å². The molecular weight excluding hydrogens is 302 g/mol. The largest absolute Gasteiger partial charge is 0.387 e. The minimum atomic E-state index is -0.543. The predicted octanol–water partition coefficient (Wildman–Crippen LogP) is 2.61. The van der Waals surface area contributed by atoms with E-state index in [1.807, 2.05) is 18.2 Å². The van der Waals surface area contributed by atoms with Crippen molar-refractivity contribution < 1.29 is 9.90 Å². The molecule has 1 atom stereocenters. The van der Waals surface area contributed by atoms with E-state index in [-0.39, 0.29) is 5.41 Å². The Kier molecular flexibility index (Phi) is 4.81. The number of anilines is 1. The number of likely N-dealkylation sites (tertiary alicyclic amines) is 1. The summed E-state index contributed by atoms with van der Waals surface area (Å²) in [5, 5.41) is 9.72. The third-order valence-corrected chi connectivity index (χ3v) is 5.32. The Bertz CT molecular complexity index is 592. The molecule has 3 rings (SSSR count). The van der Waals surface area contributed by atoms with Crippen LogP contribution in [0.1, 0.15) is 51.8 Å². The number of carbonyl (C=O) groups excluding carboxylic acids is 1. The number of aliphatic hydroxyl groups is 1. The minimum absolute atomic E-state index is 0.157. The molecule has 0 aliphatic carbocycles. The smallest absolute Gasteiger partial charge is 0.223 e. The summed E-state index contributed by atoms with van der Waals surface area (Å²) in [6.07, 6.45) is 2.23. The molecule has 24 heavy (non-hydrogen) atoms. The first-order valence-electron chi connectivity index (χ1n) is 9.06. The summed E-state index contributed by atoms with van der Waals surface area (Å²) in [7, 11) is 0. The molecule has 2 aliphatic rings.